The lowest BCUT2D eigenvalue weighted by molar-refractivity contribution is -0.123. The zero-order valence-corrected chi connectivity index (χ0v) is 18.9. The third-order valence-corrected chi connectivity index (χ3v) is 6.47. The van der Waals surface area contributed by atoms with E-state index >= 15 is 0 Å². The van der Waals surface area contributed by atoms with Gasteiger partial charge in [-0.25, -0.2) is 9.18 Å². The molecule has 0 aliphatic carbocycles. The summed E-state index contributed by atoms with van der Waals surface area (Å²) in [6, 6.07) is 11.8. The van der Waals surface area contributed by atoms with E-state index in [9.17, 15) is 18.8 Å². The molecule has 5 rings (SSSR count). The normalized spacial score (nSPS) is 16.5. The Labute approximate surface area is 199 Å². The van der Waals surface area contributed by atoms with Crippen LogP contribution in [0.2, 0.25) is 5.02 Å². The summed E-state index contributed by atoms with van der Waals surface area (Å²) in [7, 11) is 1.48. The quantitative estimate of drug-likeness (QED) is 0.534. The van der Waals surface area contributed by atoms with Gasteiger partial charge in [-0.05, 0) is 42.3 Å². The number of urea groups is 1. The number of carbonyl (C=O) groups excluding carboxylic acids is 3. The van der Waals surface area contributed by atoms with Crippen LogP contribution in [-0.4, -0.2) is 36.0 Å². The molecule has 2 aromatic carbocycles. The van der Waals surface area contributed by atoms with Crippen molar-refractivity contribution in [3.63, 3.8) is 0 Å². The lowest BCUT2D eigenvalue weighted by atomic mass is 10.0. The molecule has 3 N–H and O–H groups in total. The fraction of sp³-hybridized carbons (Fsp3) is 0.208. The van der Waals surface area contributed by atoms with E-state index in [4.69, 9.17) is 11.6 Å². The highest BCUT2D eigenvalue weighted by atomic mass is 35.5. The number of fused-ring (bicyclic) bond motifs is 2. The largest absolute Gasteiger partial charge is 0.354 e. The van der Waals surface area contributed by atoms with Crippen molar-refractivity contribution < 1.29 is 18.8 Å². The van der Waals surface area contributed by atoms with E-state index in [2.05, 4.69) is 16.0 Å². The smallest absolute Gasteiger partial charge is 0.326 e. The van der Waals surface area contributed by atoms with Crippen LogP contribution in [0.1, 0.15) is 33.4 Å². The molecular weight excluding hydrogens is 461 g/mol. The van der Waals surface area contributed by atoms with Crippen LogP contribution in [0.4, 0.5) is 20.6 Å². The van der Waals surface area contributed by atoms with E-state index in [-0.39, 0.29) is 29.2 Å². The molecule has 0 spiro atoms. The van der Waals surface area contributed by atoms with Crippen LogP contribution >= 0.6 is 11.6 Å². The van der Waals surface area contributed by atoms with Crippen molar-refractivity contribution in [2.75, 3.05) is 23.8 Å². The number of nitrogens with zero attached hydrogens (tertiary/aromatic N) is 2. The Bertz CT molecular complexity index is 1340. The second-order valence-electron chi connectivity index (χ2n) is 8.12. The molecule has 1 aromatic heterocycles. The van der Waals surface area contributed by atoms with Gasteiger partial charge in [-0.3, -0.25) is 14.5 Å². The maximum atomic E-state index is 14.1. The molecule has 34 heavy (non-hydrogen) atoms. The van der Waals surface area contributed by atoms with Crippen LogP contribution < -0.4 is 20.9 Å². The number of nitrogens with one attached hydrogen (secondary N) is 3. The van der Waals surface area contributed by atoms with Crippen molar-refractivity contribution in [2.45, 2.75) is 19.0 Å². The van der Waals surface area contributed by atoms with Gasteiger partial charge in [0.25, 0.3) is 5.91 Å². The molecule has 0 saturated heterocycles. The van der Waals surface area contributed by atoms with Crippen LogP contribution in [0, 0.1) is 5.82 Å². The maximum Gasteiger partial charge on any atom is 0.326 e. The van der Waals surface area contributed by atoms with Crippen molar-refractivity contribution in [2.24, 2.45) is 0 Å². The van der Waals surface area contributed by atoms with Crippen molar-refractivity contribution in [3.05, 3.63) is 81.9 Å². The third-order valence-electron chi connectivity index (χ3n) is 6.12. The minimum atomic E-state index is -0.871. The highest BCUT2D eigenvalue weighted by Crippen LogP contribution is 2.38. The summed E-state index contributed by atoms with van der Waals surface area (Å²) in [6.07, 6.45) is 0.735. The van der Waals surface area contributed by atoms with E-state index in [0.29, 0.717) is 23.5 Å². The molecule has 0 bridgehead atoms. The summed E-state index contributed by atoms with van der Waals surface area (Å²) >= 11 is 6.36. The summed E-state index contributed by atoms with van der Waals surface area (Å²) in [5.41, 5.74) is 3.17. The Morgan fingerprint density at radius 3 is 2.76 bits per heavy atom. The first-order valence-electron chi connectivity index (χ1n) is 10.7. The minimum absolute atomic E-state index is 0.135. The Morgan fingerprint density at radius 1 is 1.18 bits per heavy atom. The molecule has 2 aliphatic rings. The van der Waals surface area contributed by atoms with E-state index in [0.717, 1.165) is 17.7 Å². The van der Waals surface area contributed by atoms with Gasteiger partial charge in [0.2, 0.25) is 5.91 Å². The highest BCUT2D eigenvalue weighted by molar-refractivity contribution is 6.31. The van der Waals surface area contributed by atoms with Crippen molar-refractivity contribution >= 4 is 40.8 Å². The summed E-state index contributed by atoms with van der Waals surface area (Å²) < 4.78 is 15.6. The average molecular weight is 482 g/mol. The number of halogens is 2. The summed E-state index contributed by atoms with van der Waals surface area (Å²) in [4.78, 5) is 40.1. The van der Waals surface area contributed by atoms with Crippen molar-refractivity contribution in [1.82, 2.24) is 15.2 Å². The molecule has 4 amide bonds. The van der Waals surface area contributed by atoms with Crippen LogP contribution in [0.3, 0.4) is 0 Å². The average Bonchev–Trinajstić information content (AvgIpc) is 3.41. The van der Waals surface area contributed by atoms with Gasteiger partial charge in [0.15, 0.2) is 0 Å². The van der Waals surface area contributed by atoms with Crippen LogP contribution in [-0.2, 0) is 17.8 Å². The number of hydrogen-bond acceptors (Lipinski definition) is 3. The van der Waals surface area contributed by atoms with Crippen molar-refractivity contribution in [3.8, 4) is 0 Å². The fourth-order valence-electron chi connectivity index (χ4n) is 4.57. The monoisotopic (exact) mass is 481 g/mol. The maximum absolute atomic E-state index is 14.1. The number of anilines is 2. The van der Waals surface area contributed by atoms with Gasteiger partial charge in [-0.1, -0.05) is 29.8 Å². The molecule has 0 fully saturated rings. The molecule has 174 valence electrons. The van der Waals surface area contributed by atoms with E-state index in [1.165, 1.54) is 35.9 Å². The molecule has 3 heterocycles. The van der Waals surface area contributed by atoms with Gasteiger partial charge in [0, 0.05) is 29.9 Å². The molecule has 0 saturated carbocycles. The highest BCUT2D eigenvalue weighted by Gasteiger charge is 2.35. The van der Waals surface area contributed by atoms with E-state index in [1.54, 1.807) is 4.90 Å². The lowest BCUT2D eigenvalue weighted by Gasteiger charge is -2.29. The van der Waals surface area contributed by atoms with E-state index in [1.807, 2.05) is 24.3 Å². The number of benzene rings is 2. The Kier molecular flexibility index (Phi) is 5.49. The third kappa shape index (κ3) is 3.67. The van der Waals surface area contributed by atoms with Crippen LogP contribution in [0.25, 0.3) is 0 Å². The second kappa shape index (κ2) is 8.49. The number of amides is 4. The molecule has 10 heteroatoms. The van der Waals surface area contributed by atoms with Crippen LogP contribution in [0.5, 0.6) is 0 Å². The van der Waals surface area contributed by atoms with Crippen molar-refractivity contribution in [1.29, 1.82) is 0 Å². The molecule has 8 nitrogen and oxygen atoms in total. The predicted molar refractivity (Wildman–Crippen MR) is 126 cm³/mol. The Hall–Kier alpha value is -3.85. The molecule has 2 aliphatic heterocycles. The van der Waals surface area contributed by atoms with Gasteiger partial charge in [-0.15, -0.1) is 0 Å². The molecule has 1 atom stereocenters. The Morgan fingerprint density at radius 2 is 1.97 bits per heavy atom. The van der Waals surface area contributed by atoms with Crippen LogP contribution in [0.15, 0.2) is 48.5 Å². The summed E-state index contributed by atoms with van der Waals surface area (Å²) in [5.74, 6) is -1.32. The van der Waals surface area contributed by atoms with Gasteiger partial charge in [0.1, 0.15) is 18.1 Å². The summed E-state index contributed by atoms with van der Waals surface area (Å²) in [5, 5.41) is 8.52. The van der Waals surface area contributed by atoms with Gasteiger partial charge in [0.05, 0.1) is 17.4 Å². The predicted octanol–water partition coefficient (Wildman–Crippen LogP) is 3.45. The number of aromatic nitrogens is 1. The fourth-order valence-corrected chi connectivity index (χ4v) is 4.80. The topological polar surface area (TPSA) is 95.5 Å². The zero-order valence-electron chi connectivity index (χ0n) is 18.2. The standard InChI is InChI=1S/C24H21ClFN5O3/c1-27-23(33)19-11-17(28-24(34)30-9-8-13-4-2-3-5-18(13)30)22-21(29-20(32)12-31(19)22)15-10-14(26)6-7-16(15)25/h2-7,10-11,21H,8-9,12H2,1H3,(H,27,33)(H,28,34)(H,29,32)/t21-/m1/s1. The molecule has 0 radical (unpaired) electrons. The first-order valence-corrected chi connectivity index (χ1v) is 11.1. The van der Waals surface area contributed by atoms with E-state index < -0.39 is 17.8 Å². The number of carbonyl (C=O) groups is 3. The van der Waals surface area contributed by atoms with Gasteiger partial charge >= 0.3 is 6.03 Å². The SMILES string of the molecule is CNC(=O)c1cc(NC(=O)N2CCc3ccccc32)c2n1CC(=O)N[C@@H]2c1cc(F)ccc1Cl. The molecule has 3 aromatic rings. The number of para-hydroxylation sites is 1. The lowest BCUT2D eigenvalue weighted by Crippen LogP contribution is -2.41. The minimum Gasteiger partial charge on any atom is -0.354 e. The van der Waals surface area contributed by atoms with Gasteiger partial charge < -0.3 is 20.5 Å². The number of rotatable bonds is 3. The zero-order chi connectivity index (χ0) is 24.0. The second-order valence-corrected chi connectivity index (χ2v) is 8.53. The number of hydrogen-bond donors (Lipinski definition) is 3. The first-order chi connectivity index (χ1) is 16.4. The van der Waals surface area contributed by atoms with Gasteiger partial charge in [-0.2, -0.15) is 0 Å². The molecule has 0 unspecified atom stereocenters. The first kappa shape index (κ1) is 22.0. The molecular formula is C24H21ClFN5O3. The Balaban J connectivity index is 1.60. The summed E-state index contributed by atoms with van der Waals surface area (Å²) in [6.45, 7) is 0.378.